The van der Waals surface area contributed by atoms with E-state index in [-0.39, 0.29) is 17.9 Å². The molecule has 0 bridgehead atoms. The number of unbranched alkanes of at least 4 members (excludes halogenated alkanes) is 2. The van der Waals surface area contributed by atoms with Gasteiger partial charge in [-0.3, -0.25) is 0 Å². The second-order valence-electron chi connectivity index (χ2n) is 13.0. The van der Waals surface area contributed by atoms with E-state index in [1.54, 1.807) is 0 Å². The minimum absolute atomic E-state index is 0.0132. The van der Waals surface area contributed by atoms with Gasteiger partial charge in [-0.15, -0.1) is 0 Å². The molecule has 6 nitrogen and oxygen atoms in total. The zero-order valence-corrected chi connectivity index (χ0v) is 30.4. The first-order valence-electron chi connectivity index (χ1n) is 18.5. The van der Waals surface area contributed by atoms with Crippen LogP contribution in [0.25, 0.3) is 11.1 Å². The van der Waals surface area contributed by atoms with Crippen LogP contribution < -0.4 is 9.47 Å². The number of fused-ring (bicyclic) bond motifs is 2. The second kappa shape index (κ2) is 20.7. The van der Waals surface area contributed by atoms with Gasteiger partial charge in [0.1, 0.15) is 11.5 Å². The van der Waals surface area contributed by atoms with E-state index in [0.717, 1.165) is 47.5 Å². The van der Waals surface area contributed by atoms with Gasteiger partial charge in [-0.25, -0.2) is 9.59 Å². The molecule has 2 aromatic rings. The summed E-state index contributed by atoms with van der Waals surface area (Å²) in [6.07, 6.45) is 13.5. The summed E-state index contributed by atoms with van der Waals surface area (Å²) < 4.78 is 22.3. The van der Waals surface area contributed by atoms with E-state index in [1.807, 2.05) is 56.3 Å². The maximum Gasteiger partial charge on any atom is 0.347 e. The van der Waals surface area contributed by atoms with Crippen molar-refractivity contribution in [2.45, 2.75) is 124 Å². The lowest BCUT2D eigenvalue weighted by Crippen LogP contribution is -2.41. The Morgan fingerprint density at radius 3 is 1.96 bits per heavy atom. The molecule has 3 unspecified atom stereocenters. The van der Waals surface area contributed by atoms with Gasteiger partial charge in [-0.05, 0) is 61.8 Å². The van der Waals surface area contributed by atoms with Crippen LogP contribution in [0.4, 0.5) is 0 Å². The second-order valence-corrected chi connectivity index (χ2v) is 13.0. The molecule has 0 saturated carbocycles. The Kier molecular flexibility index (Phi) is 16.8. The Bertz CT molecular complexity index is 1330. The fourth-order valence-corrected chi connectivity index (χ4v) is 6.67. The van der Waals surface area contributed by atoms with E-state index in [1.165, 1.54) is 50.5 Å². The molecule has 0 radical (unpaired) electrons. The molecule has 48 heavy (non-hydrogen) atoms. The number of hydrogen-bond donors (Lipinski definition) is 0. The smallest absolute Gasteiger partial charge is 0.347 e. The fraction of sp³-hybridized carbons (Fsp3) is 0.571. The molecule has 0 aliphatic carbocycles. The van der Waals surface area contributed by atoms with Gasteiger partial charge in [0.05, 0.1) is 13.2 Å². The molecule has 0 fully saturated rings. The summed E-state index contributed by atoms with van der Waals surface area (Å²) in [5.41, 5.74) is 4.35. The quantitative estimate of drug-likeness (QED) is 0.167. The van der Waals surface area contributed by atoms with Crippen LogP contribution in [0.15, 0.2) is 61.2 Å². The standard InChI is InChI=1S/2C21H30O3/c1-5-8-11-16(6-2)14-18-15(4)17-12-9-10-13-19(17)24-20(18)21(22)23-7-3;1-4-7-10-16(5-2)13-14-17-15-20(21(22)23-6-3)24-19-12-9-8-11-18(17)19/h9-10,12-13,16,18,20H,4-8,11,14H2,1-3H3;8-9,11-12,14,16,20H,4-7,10,13,15H2,1-3H3/b;17-14+/t16?,18-,20+;/m1./s1. The lowest BCUT2D eigenvalue weighted by Gasteiger charge is -2.35. The molecule has 2 aromatic carbocycles. The summed E-state index contributed by atoms with van der Waals surface area (Å²) in [6, 6.07) is 15.8. The summed E-state index contributed by atoms with van der Waals surface area (Å²) in [7, 11) is 0. The number of ether oxygens (including phenoxy) is 4. The minimum atomic E-state index is -0.581. The molecule has 0 amide bonds. The lowest BCUT2D eigenvalue weighted by molar-refractivity contribution is -0.154. The number of rotatable bonds is 16. The predicted octanol–water partition coefficient (Wildman–Crippen LogP) is 10.6. The van der Waals surface area contributed by atoms with E-state index in [9.17, 15) is 9.59 Å². The van der Waals surface area contributed by atoms with E-state index < -0.39 is 12.2 Å². The van der Waals surface area contributed by atoms with Crippen molar-refractivity contribution < 1.29 is 28.5 Å². The Hall–Kier alpha value is -3.54. The highest BCUT2D eigenvalue weighted by Gasteiger charge is 2.39. The van der Waals surface area contributed by atoms with Crippen LogP contribution in [-0.2, 0) is 19.1 Å². The maximum absolute atomic E-state index is 12.5. The number of carbonyl (C=O) groups is 2. The van der Waals surface area contributed by atoms with Crippen molar-refractivity contribution in [3.63, 3.8) is 0 Å². The average molecular weight is 661 g/mol. The lowest BCUT2D eigenvalue weighted by atomic mass is 9.78. The number of hydrogen-bond acceptors (Lipinski definition) is 6. The van der Waals surface area contributed by atoms with Gasteiger partial charge >= 0.3 is 11.9 Å². The van der Waals surface area contributed by atoms with Crippen LogP contribution in [0.3, 0.4) is 0 Å². The van der Waals surface area contributed by atoms with Crippen LogP contribution >= 0.6 is 0 Å². The molecule has 0 saturated heterocycles. The van der Waals surface area contributed by atoms with Gasteiger partial charge in [-0.1, -0.05) is 128 Å². The van der Waals surface area contributed by atoms with Crippen molar-refractivity contribution in [2.24, 2.45) is 17.8 Å². The monoisotopic (exact) mass is 660 g/mol. The third-order valence-corrected chi connectivity index (χ3v) is 9.65. The zero-order chi connectivity index (χ0) is 34.9. The van der Waals surface area contributed by atoms with Crippen LogP contribution in [0.2, 0.25) is 0 Å². The van der Waals surface area contributed by atoms with Gasteiger partial charge in [0.25, 0.3) is 0 Å². The summed E-state index contributed by atoms with van der Waals surface area (Å²) in [5.74, 6) is 2.26. The zero-order valence-electron chi connectivity index (χ0n) is 30.4. The highest BCUT2D eigenvalue weighted by Crippen LogP contribution is 2.42. The van der Waals surface area contributed by atoms with Gasteiger partial charge in [0.15, 0.2) is 6.10 Å². The molecule has 2 aliphatic heterocycles. The highest BCUT2D eigenvalue weighted by atomic mass is 16.6. The largest absolute Gasteiger partial charge is 0.478 e. The van der Waals surface area contributed by atoms with Crippen molar-refractivity contribution >= 4 is 23.1 Å². The fourth-order valence-electron chi connectivity index (χ4n) is 6.67. The molecule has 2 heterocycles. The number of carbonyl (C=O) groups excluding carboxylic acids is 2. The first-order chi connectivity index (χ1) is 23.3. The third kappa shape index (κ3) is 11.0. The number of esters is 2. The van der Waals surface area contributed by atoms with E-state index >= 15 is 0 Å². The van der Waals surface area contributed by atoms with Gasteiger partial charge in [0.2, 0.25) is 6.10 Å². The Morgan fingerprint density at radius 1 is 0.792 bits per heavy atom. The summed E-state index contributed by atoms with van der Waals surface area (Å²) >= 11 is 0. The first-order valence-corrected chi connectivity index (χ1v) is 18.5. The minimum Gasteiger partial charge on any atom is -0.478 e. The van der Waals surface area contributed by atoms with Crippen molar-refractivity contribution in [2.75, 3.05) is 13.2 Å². The molecule has 5 atom stereocenters. The van der Waals surface area contributed by atoms with Gasteiger partial charge < -0.3 is 18.9 Å². The van der Waals surface area contributed by atoms with E-state index in [4.69, 9.17) is 18.9 Å². The molecular weight excluding hydrogens is 600 g/mol. The predicted molar refractivity (Wildman–Crippen MR) is 196 cm³/mol. The van der Waals surface area contributed by atoms with Crippen LogP contribution in [-0.4, -0.2) is 37.4 Å². The summed E-state index contributed by atoms with van der Waals surface area (Å²) in [5, 5.41) is 0. The molecule has 0 spiro atoms. The molecular formula is C42H60O6. The normalized spacial score (nSPS) is 20.2. The Morgan fingerprint density at radius 2 is 1.35 bits per heavy atom. The first kappa shape index (κ1) is 38.9. The third-order valence-electron chi connectivity index (χ3n) is 9.65. The van der Waals surface area contributed by atoms with Crippen molar-refractivity contribution in [3.8, 4) is 11.5 Å². The molecule has 0 N–H and O–H groups in total. The summed E-state index contributed by atoms with van der Waals surface area (Å²) in [4.78, 5) is 24.6. The summed E-state index contributed by atoms with van der Waals surface area (Å²) in [6.45, 7) is 17.7. The number of para-hydroxylation sites is 2. The van der Waals surface area contributed by atoms with Crippen LogP contribution in [0.1, 0.15) is 123 Å². The van der Waals surface area contributed by atoms with Crippen LogP contribution in [0, 0.1) is 17.8 Å². The highest BCUT2D eigenvalue weighted by molar-refractivity contribution is 5.84. The maximum atomic E-state index is 12.5. The molecule has 4 rings (SSSR count). The van der Waals surface area contributed by atoms with Crippen molar-refractivity contribution in [1.82, 2.24) is 0 Å². The van der Waals surface area contributed by atoms with Gasteiger partial charge in [0, 0.05) is 23.5 Å². The topological polar surface area (TPSA) is 71.1 Å². The average Bonchev–Trinajstić information content (AvgIpc) is 3.11. The SMILES string of the molecule is C=C1c2ccccc2O[C@H](C(=O)OCC)[C@@H]1CC(CC)CCCC.CCCCC(CC)C/C=C1\CC(C(=O)OCC)Oc2ccccc21. The van der Waals surface area contributed by atoms with Gasteiger partial charge in [-0.2, -0.15) is 0 Å². The van der Waals surface area contributed by atoms with Crippen molar-refractivity contribution in [3.05, 3.63) is 72.3 Å². The van der Waals surface area contributed by atoms with Crippen molar-refractivity contribution in [1.29, 1.82) is 0 Å². The Balaban J connectivity index is 0.000000260. The van der Waals surface area contributed by atoms with E-state index in [2.05, 4.69) is 46.4 Å². The Labute approximate surface area is 290 Å². The molecule has 6 heteroatoms. The molecule has 264 valence electrons. The molecule has 2 aliphatic rings. The molecule has 0 aromatic heterocycles. The van der Waals surface area contributed by atoms with Crippen LogP contribution in [0.5, 0.6) is 11.5 Å². The number of benzene rings is 2. The van der Waals surface area contributed by atoms with E-state index in [0.29, 0.717) is 31.5 Å². The number of allylic oxidation sites excluding steroid dienone is 1.